The molecule has 1 aromatic heterocycles. The normalized spacial score (nSPS) is 20.5. The molecule has 1 aliphatic rings. The molecule has 0 bridgehead atoms. The molecule has 0 saturated carbocycles. The lowest BCUT2D eigenvalue weighted by molar-refractivity contribution is -0.122. The first-order valence-corrected chi connectivity index (χ1v) is 5.43. The summed E-state index contributed by atoms with van der Waals surface area (Å²) in [4.78, 5) is 27.0. The number of H-pyrrole nitrogens is 1. The second kappa shape index (κ2) is 4.81. The predicted molar refractivity (Wildman–Crippen MR) is 58.9 cm³/mol. The molecule has 2 amide bonds. The summed E-state index contributed by atoms with van der Waals surface area (Å²) < 4.78 is 0. The number of carbonyl (C=O) groups excluding carboxylic acids is 2. The molecule has 0 spiro atoms. The van der Waals surface area contributed by atoms with Crippen molar-refractivity contribution in [2.45, 2.75) is 25.3 Å². The monoisotopic (exact) mass is 238 g/mol. The van der Waals surface area contributed by atoms with Crippen LogP contribution in [0.25, 0.3) is 0 Å². The lowest BCUT2D eigenvalue weighted by Crippen LogP contribution is -2.45. The van der Waals surface area contributed by atoms with Gasteiger partial charge in [0, 0.05) is 6.54 Å². The van der Waals surface area contributed by atoms with Gasteiger partial charge in [0.1, 0.15) is 6.04 Å². The zero-order valence-electron chi connectivity index (χ0n) is 9.19. The zero-order valence-corrected chi connectivity index (χ0v) is 9.19. The number of nitrogens with two attached hydrogens (primary N) is 1. The van der Waals surface area contributed by atoms with Crippen molar-refractivity contribution in [3.63, 3.8) is 0 Å². The predicted octanol–water partition coefficient (Wildman–Crippen LogP) is -1.21. The number of carbonyl (C=O) groups is 2. The number of amides is 2. The maximum Gasteiger partial charge on any atom is 0.289 e. The highest BCUT2D eigenvalue weighted by molar-refractivity contribution is 5.94. The van der Waals surface area contributed by atoms with E-state index in [2.05, 4.69) is 25.8 Å². The Morgan fingerprint density at radius 3 is 3.00 bits per heavy atom. The van der Waals surface area contributed by atoms with Gasteiger partial charge in [0.15, 0.2) is 0 Å². The summed E-state index contributed by atoms with van der Waals surface area (Å²) in [6.07, 6.45) is 2.44. The fourth-order valence-corrected chi connectivity index (χ4v) is 1.68. The number of aromatic amines is 1. The average Bonchev–Trinajstić information content (AvgIpc) is 2.63. The molecule has 1 aromatic rings. The summed E-state index contributed by atoms with van der Waals surface area (Å²) in [5.74, 6) is -0.625. The third-order valence-electron chi connectivity index (χ3n) is 2.56. The Morgan fingerprint density at radius 1 is 1.47 bits per heavy atom. The van der Waals surface area contributed by atoms with Gasteiger partial charge in [-0.15, -0.1) is 5.10 Å². The van der Waals surface area contributed by atoms with E-state index in [1.54, 1.807) is 0 Å². The molecule has 1 saturated heterocycles. The molecule has 2 heterocycles. The average molecular weight is 238 g/mol. The molecular weight excluding hydrogens is 224 g/mol. The number of anilines is 1. The van der Waals surface area contributed by atoms with E-state index >= 15 is 0 Å². The standard InChI is InChI=1S/C9H14N6O2/c10-9-13-6(14-15-9)8(17)12-5-3-1-2-4-11-7(5)16/h5H,1-4H2,(H,11,16)(H,12,17)(H3,10,13,14,15). The number of rotatable bonds is 2. The van der Waals surface area contributed by atoms with Gasteiger partial charge in [-0.3, -0.25) is 14.7 Å². The first-order valence-electron chi connectivity index (χ1n) is 5.43. The molecule has 1 aliphatic heterocycles. The van der Waals surface area contributed by atoms with Gasteiger partial charge in [-0.25, -0.2) is 0 Å². The van der Waals surface area contributed by atoms with Crippen molar-refractivity contribution < 1.29 is 9.59 Å². The van der Waals surface area contributed by atoms with Crippen LogP contribution in [0.4, 0.5) is 5.95 Å². The first-order chi connectivity index (χ1) is 8.16. The topological polar surface area (TPSA) is 126 Å². The molecule has 0 aromatic carbocycles. The van der Waals surface area contributed by atoms with Crippen LogP contribution in [0.5, 0.6) is 0 Å². The zero-order chi connectivity index (χ0) is 12.3. The fourth-order valence-electron chi connectivity index (χ4n) is 1.68. The quantitative estimate of drug-likeness (QED) is 0.514. The SMILES string of the molecule is Nc1n[nH]c(C(=O)NC2CCCCNC2=O)n1. The van der Waals surface area contributed by atoms with E-state index in [4.69, 9.17) is 5.73 Å². The van der Waals surface area contributed by atoms with Crippen LogP contribution in [-0.2, 0) is 4.79 Å². The summed E-state index contributed by atoms with van der Waals surface area (Å²) in [7, 11) is 0. The van der Waals surface area contributed by atoms with Crippen LogP contribution < -0.4 is 16.4 Å². The minimum absolute atomic E-state index is 0.000433. The first kappa shape index (κ1) is 11.4. The summed E-state index contributed by atoms with van der Waals surface area (Å²) in [6, 6.07) is -0.517. The molecule has 0 aliphatic carbocycles. The molecule has 0 radical (unpaired) electrons. The number of nitrogens with zero attached hydrogens (tertiary/aromatic N) is 2. The van der Waals surface area contributed by atoms with E-state index in [-0.39, 0.29) is 17.7 Å². The number of nitrogens with one attached hydrogen (secondary N) is 3. The summed E-state index contributed by atoms with van der Waals surface area (Å²) in [6.45, 7) is 0.653. The lowest BCUT2D eigenvalue weighted by Gasteiger charge is -2.13. The molecule has 5 N–H and O–H groups in total. The Morgan fingerprint density at radius 2 is 2.29 bits per heavy atom. The van der Waals surface area contributed by atoms with Gasteiger partial charge >= 0.3 is 0 Å². The number of hydrogen-bond donors (Lipinski definition) is 4. The minimum atomic E-state index is -0.517. The van der Waals surface area contributed by atoms with E-state index in [9.17, 15) is 9.59 Å². The number of aromatic nitrogens is 3. The highest BCUT2D eigenvalue weighted by Gasteiger charge is 2.23. The molecule has 1 atom stereocenters. The Kier molecular flexibility index (Phi) is 3.22. The molecule has 1 unspecified atom stereocenters. The summed E-state index contributed by atoms with van der Waals surface area (Å²) >= 11 is 0. The van der Waals surface area contributed by atoms with Crippen molar-refractivity contribution in [1.29, 1.82) is 0 Å². The largest absolute Gasteiger partial charge is 0.366 e. The van der Waals surface area contributed by atoms with Crippen LogP contribution in [0.1, 0.15) is 29.9 Å². The third kappa shape index (κ3) is 2.71. The van der Waals surface area contributed by atoms with E-state index < -0.39 is 11.9 Å². The maximum absolute atomic E-state index is 11.7. The third-order valence-corrected chi connectivity index (χ3v) is 2.56. The highest BCUT2D eigenvalue weighted by Crippen LogP contribution is 2.06. The van der Waals surface area contributed by atoms with E-state index in [0.29, 0.717) is 13.0 Å². The smallest absolute Gasteiger partial charge is 0.289 e. The Labute approximate surface area is 97.4 Å². The molecule has 1 fully saturated rings. The second-order valence-corrected chi connectivity index (χ2v) is 3.86. The highest BCUT2D eigenvalue weighted by atomic mass is 16.2. The van der Waals surface area contributed by atoms with Crippen molar-refractivity contribution in [2.75, 3.05) is 12.3 Å². The fraction of sp³-hybridized carbons (Fsp3) is 0.556. The molecule has 8 heteroatoms. The van der Waals surface area contributed by atoms with Crippen molar-refractivity contribution in [1.82, 2.24) is 25.8 Å². The van der Waals surface area contributed by atoms with Gasteiger partial charge in [-0.1, -0.05) is 0 Å². The summed E-state index contributed by atoms with van der Waals surface area (Å²) in [5.41, 5.74) is 5.29. The van der Waals surface area contributed by atoms with E-state index in [1.165, 1.54) is 0 Å². The van der Waals surface area contributed by atoms with Gasteiger partial charge in [0.05, 0.1) is 0 Å². The van der Waals surface area contributed by atoms with Crippen molar-refractivity contribution in [3.8, 4) is 0 Å². The molecule has 2 rings (SSSR count). The van der Waals surface area contributed by atoms with Crippen LogP contribution in [0.15, 0.2) is 0 Å². The van der Waals surface area contributed by atoms with Gasteiger partial charge in [0.25, 0.3) is 5.91 Å². The minimum Gasteiger partial charge on any atom is -0.366 e. The Bertz CT molecular complexity index is 429. The molecule has 92 valence electrons. The maximum atomic E-state index is 11.7. The Balaban J connectivity index is 1.99. The van der Waals surface area contributed by atoms with E-state index in [1.807, 2.05) is 0 Å². The van der Waals surface area contributed by atoms with Crippen LogP contribution >= 0.6 is 0 Å². The van der Waals surface area contributed by atoms with Crippen LogP contribution in [0.3, 0.4) is 0 Å². The molecular formula is C9H14N6O2. The van der Waals surface area contributed by atoms with Crippen LogP contribution in [0, 0.1) is 0 Å². The Hall–Kier alpha value is -2.12. The number of hydrogen-bond acceptors (Lipinski definition) is 5. The van der Waals surface area contributed by atoms with Gasteiger partial charge in [-0.05, 0) is 19.3 Å². The molecule has 17 heavy (non-hydrogen) atoms. The van der Waals surface area contributed by atoms with Crippen LogP contribution in [0.2, 0.25) is 0 Å². The second-order valence-electron chi connectivity index (χ2n) is 3.86. The van der Waals surface area contributed by atoms with Crippen molar-refractivity contribution in [3.05, 3.63) is 5.82 Å². The van der Waals surface area contributed by atoms with Gasteiger partial charge in [0.2, 0.25) is 17.7 Å². The lowest BCUT2D eigenvalue weighted by atomic mass is 10.1. The van der Waals surface area contributed by atoms with Gasteiger partial charge < -0.3 is 16.4 Å². The summed E-state index contributed by atoms with van der Waals surface area (Å²) in [5, 5.41) is 11.3. The van der Waals surface area contributed by atoms with Crippen LogP contribution in [-0.4, -0.2) is 39.6 Å². The van der Waals surface area contributed by atoms with Crippen molar-refractivity contribution in [2.24, 2.45) is 0 Å². The molecule has 8 nitrogen and oxygen atoms in total. The van der Waals surface area contributed by atoms with Gasteiger partial charge in [-0.2, -0.15) is 4.98 Å². The van der Waals surface area contributed by atoms with Crippen molar-refractivity contribution >= 4 is 17.8 Å². The number of nitrogen functional groups attached to an aromatic ring is 1. The van der Waals surface area contributed by atoms with E-state index in [0.717, 1.165) is 12.8 Å².